The van der Waals surface area contributed by atoms with Crippen LogP contribution in [-0.4, -0.2) is 31.1 Å². The standard InChI is InChI=1S/C11H15BrFNO2S/c1-2-8-14(9-7-12)17(15,16)11-5-3-10(13)4-6-11/h3-6H,2,7-9H2,1H3. The zero-order valence-corrected chi connectivity index (χ0v) is 12.0. The first kappa shape index (κ1) is 14.6. The highest BCUT2D eigenvalue weighted by Gasteiger charge is 2.22. The van der Waals surface area contributed by atoms with E-state index in [1.807, 2.05) is 6.92 Å². The number of benzene rings is 1. The highest BCUT2D eigenvalue weighted by atomic mass is 79.9. The Morgan fingerprint density at radius 1 is 1.24 bits per heavy atom. The van der Waals surface area contributed by atoms with Crippen LogP contribution in [0.5, 0.6) is 0 Å². The summed E-state index contributed by atoms with van der Waals surface area (Å²) in [4.78, 5) is 0.133. The molecule has 1 rings (SSSR count). The van der Waals surface area contributed by atoms with Crippen molar-refractivity contribution in [2.75, 3.05) is 18.4 Å². The molecule has 6 heteroatoms. The number of sulfonamides is 1. The van der Waals surface area contributed by atoms with Crippen LogP contribution in [0.15, 0.2) is 29.2 Å². The lowest BCUT2D eigenvalue weighted by Crippen LogP contribution is -2.33. The van der Waals surface area contributed by atoms with E-state index in [2.05, 4.69) is 15.9 Å². The molecule has 0 N–H and O–H groups in total. The van der Waals surface area contributed by atoms with Gasteiger partial charge in [0.05, 0.1) is 4.90 Å². The SMILES string of the molecule is CCCN(CCBr)S(=O)(=O)c1ccc(F)cc1. The first-order valence-corrected chi connectivity index (χ1v) is 7.90. The third kappa shape index (κ3) is 3.76. The van der Waals surface area contributed by atoms with Crippen LogP contribution in [0.3, 0.4) is 0 Å². The summed E-state index contributed by atoms with van der Waals surface area (Å²) >= 11 is 3.23. The Labute approximate surface area is 110 Å². The summed E-state index contributed by atoms with van der Waals surface area (Å²) in [5.74, 6) is -0.438. The van der Waals surface area contributed by atoms with Gasteiger partial charge in [0.1, 0.15) is 5.82 Å². The maximum Gasteiger partial charge on any atom is 0.243 e. The molecular weight excluding hydrogens is 309 g/mol. The lowest BCUT2D eigenvalue weighted by Gasteiger charge is -2.20. The maximum atomic E-state index is 12.8. The van der Waals surface area contributed by atoms with E-state index < -0.39 is 15.8 Å². The van der Waals surface area contributed by atoms with Crippen molar-refractivity contribution in [3.05, 3.63) is 30.1 Å². The summed E-state index contributed by atoms with van der Waals surface area (Å²) in [5, 5.41) is 0.577. The van der Waals surface area contributed by atoms with Crippen molar-refractivity contribution in [2.45, 2.75) is 18.2 Å². The van der Waals surface area contributed by atoms with Gasteiger partial charge >= 0.3 is 0 Å². The van der Waals surface area contributed by atoms with E-state index in [4.69, 9.17) is 0 Å². The minimum atomic E-state index is -3.51. The Bertz CT molecular complexity index is 441. The molecule has 0 bridgehead atoms. The fourth-order valence-corrected chi connectivity index (χ4v) is 3.65. The zero-order chi connectivity index (χ0) is 12.9. The van der Waals surface area contributed by atoms with Crippen LogP contribution in [-0.2, 0) is 10.0 Å². The van der Waals surface area contributed by atoms with Crippen LogP contribution in [0.25, 0.3) is 0 Å². The number of alkyl halides is 1. The van der Waals surface area contributed by atoms with Gasteiger partial charge in [-0.25, -0.2) is 12.8 Å². The Kier molecular flexibility index (Phi) is 5.55. The van der Waals surface area contributed by atoms with E-state index >= 15 is 0 Å². The van der Waals surface area contributed by atoms with E-state index in [1.165, 1.54) is 16.4 Å². The molecule has 0 aliphatic carbocycles. The van der Waals surface area contributed by atoms with Gasteiger partial charge in [-0.1, -0.05) is 22.9 Å². The molecular formula is C11H15BrFNO2S. The number of hydrogen-bond donors (Lipinski definition) is 0. The summed E-state index contributed by atoms with van der Waals surface area (Å²) in [7, 11) is -3.51. The van der Waals surface area contributed by atoms with Crippen LogP contribution in [0.4, 0.5) is 4.39 Å². The molecule has 1 aromatic rings. The smallest absolute Gasteiger partial charge is 0.207 e. The first-order valence-electron chi connectivity index (χ1n) is 5.34. The fourth-order valence-electron chi connectivity index (χ4n) is 1.45. The van der Waals surface area contributed by atoms with Crippen LogP contribution in [0.2, 0.25) is 0 Å². The van der Waals surface area contributed by atoms with E-state index in [9.17, 15) is 12.8 Å². The van der Waals surface area contributed by atoms with Gasteiger partial charge in [-0.3, -0.25) is 0 Å². The molecule has 0 fully saturated rings. The molecule has 0 saturated heterocycles. The van der Waals surface area contributed by atoms with Gasteiger partial charge < -0.3 is 0 Å². The molecule has 17 heavy (non-hydrogen) atoms. The van der Waals surface area contributed by atoms with Gasteiger partial charge in [0.15, 0.2) is 0 Å². The minimum Gasteiger partial charge on any atom is -0.207 e. The Morgan fingerprint density at radius 2 is 1.82 bits per heavy atom. The van der Waals surface area contributed by atoms with E-state index in [1.54, 1.807) is 0 Å². The predicted octanol–water partition coefficient (Wildman–Crippen LogP) is 2.62. The first-order chi connectivity index (χ1) is 8.02. The van der Waals surface area contributed by atoms with Gasteiger partial charge in [-0.2, -0.15) is 4.31 Å². The van der Waals surface area contributed by atoms with Crippen LogP contribution in [0, 0.1) is 5.82 Å². The second-order valence-electron chi connectivity index (χ2n) is 3.55. The second-order valence-corrected chi connectivity index (χ2v) is 6.28. The Balaban J connectivity index is 3.02. The molecule has 0 saturated carbocycles. The molecule has 0 heterocycles. The third-order valence-electron chi connectivity index (χ3n) is 2.26. The van der Waals surface area contributed by atoms with E-state index in [0.29, 0.717) is 18.4 Å². The number of halogens is 2. The van der Waals surface area contributed by atoms with Crippen LogP contribution < -0.4 is 0 Å². The quantitative estimate of drug-likeness (QED) is 0.755. The molecule has 0 amide bonds. The van der Waals surface area contributed by atoms with Gasteiger partial charge in [-0.15, -0.1) is 0 Å². The van der Waals surface area contributed by atoms with Crippen molar-refractivity contribution in [3.63, 3.8) is 0 Å². The number of hydrogen-bond acceptors (Lipinski definition) is 2. The summed E-state index contributed by atoms with van der Waals surface area (Å²) in [6.07, 6.45) is 0.743. The maximum absolute atomic E-state index is 12.8. The summed E-state index contributed by atoms with van der Waals surface area (Å²) in [6, 6.07) is 4.90. The molecule has 0 spiro atoms. The van der Waals surface area contributed by atoms with Gasteiger partial charge in [0, 0.05) is 18.4 Å². The monoisotopic (exact) mass is 323 g/mol. The molecule has 0 radical (unpaired) electrons. The summed E-state index contributed by atoms with van der Waals surface area (Å²) < 4.78 is 38.6. The molecule has 0 aliphatic rings. The summed E-state index contributed by atoms with van der Waals surface area (Å²) in [6.45, 7) is 2.79. The summed E-state index contributed by atoms with van der Waals surface area (Å²) in [5.41, 5.74) is 0. The van der Waals surface area contributed by atoms with Crippen LogP contribution >= 0.6 is 15.9 Å². The highest BCUT2D eigenvalue weighted by molar-refractivity contribution is 9.09. The largest absolute Gasteiger partial charge is 0.243 e. The van der Waals surface area contributed by atoms with Crippen molar-refractivity contribution < 1.29 is 12.8 Å². The van der Waals surface area contributed by atoms with Crippen molar-refractivity contribution in [1.29, 1.82) is 0 Å². The minimum absolute atomic E-state index is 0.133. The Hall–Kier alpha value is -0.460. The van der Waals surface area contributed by atoms with Crippen LogP contribution in [0.1, 0.15) is 13.3 Å². The Morgan fingerprint density at radius 3 is 2.29 bits per heavy atom. The molecule has 1 aromatic carbocycles. The molecule has 0 aromatic heterocycles. The molecule has 0 atom stereocenters. The predicted molar refractivity (Wildman–Crippen MR) is 69.2 cm³/mol. The molecule has 3 nitrogen and oxygen atoms in total. The number of nitrogens with zero attached hydrogens (tertiary/aromatic N) is 1. The number of rotatable bonds is 6. The zero-order valence-electron chi connectivity index (χ0n) is 9.57. The van der Waals surface area contributed by atoms with Crippen molar-refractivity contribution in [3.8, 4) is 0 Å². The average molecular weight is 324 g/mol. The van der Waals surface area contributed by atoms with Crippen molar-refractivity contribution >= 4 is 26.0 Å². The molecule has 0 unspecified atom stereocenters. The van der Waals surface area contributed by atoms with Crippen molar-refractivity contribution in [1.82, 2.24) is 4.31 Å². The fraction of sp³-hybridized carbons (Fsp3) is 0.455. The second kappa shape index (κ2) is 6.47. The average Bonchev–Trinajstić information content (AvgIpc) is 2.29. The van der Waals surface area contributed by atoms with Gasteiger partial charge in [-0.05, 0) is 30.7 Å². The lowest BCUT2D eigenvalue weighted by molar-refractivity contribution is 0.430. The van der Waals surface area contributed by atoms with Gasteiger partial charge in [0.25, 0.3) is 0 Å². The topological polar surface area (TPSA) is 37.4 Å². The van der Waals surface area contributed by atoms with Crippen molar-refractivity contribution in [2.24, 2.45) is 0 Å². The molecule has 96 valence electrons. The molecule has 0 aliphatic heterocycles. The highest BCUT2D eigenvalue weighted by Crippen LogP contribution is 2.16. The van der Waals surface area contributed by atoms with Gasteiger partial charge in [0.2, 0.25) is 10.0 Å². The normalized spacial score (nSPS) is 12.0. The van der Waals surface area contributed by atoms with E-state index in [-0.39, 0.29) is 4.90 Å². The third-order valence-corrected chi connectivity index (χ3v) is 4.53. The van der Waals surface area contributed by atoms with E-state index in [0.717, 1.165) is 18.6 Å². The lowest BCUT2D eigenvalue weighted by atomic mass is 10.4.